The van der Waals surface area contributed by atoms with Crippen LogP contribution in [-0.4, -0.2) is 31.4 Å². The number of carbonyl (C=O) groups is 2. The van der Waals surface area contributed by atoms with E-state index in [2.05, 4.69) is 5.32 Å². The van der Waals surface area contributed by atoms with Crippen LogP contribution in [0.4, 0.5) is 9.18 Å². The molecule has 6 nitrogen and oxygen atoms in total. The van der Waals surface area contributed by atoms with Crippen molar-refractivity contribution < 1.29 is 28.2 Å². The summed E-state index contributed by atoms with van der Waals surface area (Å²) in [5.74, 6) is -0.442. The first kappa shape index (κ1) is 23.2. The van der Waals surface area contributed by atoms with Crippen LogP contribution in [0.1, 0.15) is 50.0 Å². The zero-order valence-corrected chi connectivity index (χ0v) is 18.0. The number of ether oxygens (including phenoxy) is 3. The number of nitrogens with one attached hydrogen (secondary N) is 1. The monoisotopic (exact) mass is 417 g/mol. The molecule has 0 saturated heterocycles. The van der Waals surface area contributed by atoms with Gasteiger partial charge in [-0.2, -0.15) is 0 Å². The molecule has 30 heavy (non-hydrogen) atoms. The zero-order valence-electron chi connectivity index (χ0n) is 18.0. The normalized spacial score (nSPS) is 11.0. The summed E-state index contributed by atoms with van der Waals surface area (Å²) in [4.78, 5) is 23.8. The second-order valence-corrected chi connectivity index (χ2v) is 7.71. The van der Waals surface area contributed by atoms with Crippen molar-refractivity contribution in [1.29, 1.82) is 0 Å². The first-order valence-corrected chi connectivity index (χ1v) is 9.75. The van der Waals surface area contributed by atoms with Crippen molar-refractivity contribution in [1.82, 2.24) is 5.32 Å². The molecule has 0 saturated carbocycles. The van der Waals surface area contributed by atoms with Crippen LogP contribution >= 0.6 is 0 Å². The summed E-state index contributed by atoms with van der Waals surface area (Å²) in [5, 5.41) is 2.70. The molecule has 0 bridgehead atoms. The van der Waals surface area contributed by atoms with Crippen molar-refractivity contribution in [3.05, 3.63) is 53.3 Å². The fraction of sp³-hybridized carbons (Fsp3) is 0.391. The Bertz CT molecular complexity index is 905. The minimum atomic E-state index is -0.620. The molecule has 0 aromatic heterocycles. The molecule has 0 aliphatic carbocycles. The van der Waals surface area contributed by atoms with Crippen LogP contribution in [0.3, 0.4) is 0 Å². The van der Waals surface area contributed by atoms with E-state index in [4.69, 9.17) is 14.2 Å². The third kappa shape index (κ3) is 6.47. The molecule has 1 N–H and O–H groups in total. The van der Waals surface area contributed by atoms with Gasteiger partial charge in [-0.3, -0.25) is 0 Å². The third-order valence-corrected chi connectivity index (χ3v) is 4.04. The van der Waals surface area contributed by atoms with E-state index >= 15 is 0 Å². The molecule has 0 heterocycles. The quantitative estimate of drug-likeness (QED) is 0.635. The van der Waals surface area contributed by atoms with Crippen LogP contribution < -0.4 is 10.1 Å². The first-order valence-electron chi connectivity index (χ1n) is 9.75. The lowest BCUT2D eigenvalue weighted by Gasteiger charge is -2.20. The highest BCUT2D eigenvalue weighted by Crippen LogP contribution is 2.30. The molecule has 2 rings (SSSR count). The van der Waals surface area contributed by atoms with Crippen molar-refractivity contribution in [3.63, 3.8) is 0 Å². The number of alkyl carbamates (subject to hydrolysis) is 1. The molecule has 7 heteroatoms. The van der Waals surface area contributed by atoms with Crippen molar-refractivity contribution >= 4 is 12.1 Å². The molecule has 0 aliphatic heterocycles. The molecule has 0 atom stereocenters. The van der Waals surface area contributed by atoms with E-state index in [9.17, 15) is 14.0 Å². The SMILES string of the molecule is CCCOc1ccc(-c2cc(C(=O)OC)ccc2F)cc1CNC(=O)OC(C)(C)C. The van der Waals surface area contributed by atoms with Crippen LogP contribution in [0, 0.1) is 5.82 Å². The van der Waals surface area contributed by atoms with Gasteiger partial charge >= 0.3 is 12.1 Å². The van der Waals surface area contributed by atoms with Crippen molar-refractivity contribution in [3.8, 4) is 16.9 Å². The van der Waals surface area contributed by atoms with Crippen molar-refractivity contribution in [2.24, 2.45) is 0 Å². The van der Waals surface area contributed by atoms with Gasteiger partial charge < -0.3 is 19.5 Å². The standard InChI is InChI=1S/C23H28FNO5/c1-6-11-29-20-10-8-15(12-17(20)14-25-22(27)30-23(2,3)4)18-13-16(21(26)28-5)7-9-19(18)24/h7-10,12-13H,6,11,14H2,1-5H3,(H,25,27). The Morgan fingerprint density at radius 3 is 2.47 bits per heavy atom. The van der Waals surface area contributed by atoms with Crippen molar-refractivity contribution in [2.75, 3.05) is 13.7 Å². The number of esters is 1. The minimum Gasteiger partial charge on any atom is -0.493 e. The number of carbonyl (C=O) groups excluding carboxylic acids is 2. The number of benzene rings is 2. The molecule has 2 aromatic carbocycles. The molecule has 0 radical (unpaired) electrons. The molecule has 0 spiro atoms. The Morgan fingerprint density at radius 1 is 1.10 bits per heavy atom. The van der Waals surface area contributed by atoms with Gasteiger partial charge in [0.15, 0.2) is 0 Å². The molecule has 0 aliphatic rings. The van der Waals surface area contributed by atoms with E-state index in [0.717, 1.165) is 6.42 Å². The largest absolute Gasteiger partial charge is 0.493 e. The second-order valence-electron chi connectivity index (χ2n) is 7.71. The summed E-state index contributed by atoms with van der Waals surface area (Å²) in [6.45, 7) is 7.96. The van der Waals surface area contributed by atoms with Crippen LogP contribution in [0.15, 0.2) is 36.4 Å². The van der Waals surface area contributed by atoms with Crippen molar-refractivity contribution in [2.45, 2.75) is 46.3 Å². The molecule has 1 amide bonds. The lowest BCUT2D eigenvalue weighted by atomic mass is 9.99. The predicted octanol–water partition coefficient (Wildman–Crippen LogP) is 5.09. The van der Waals surface area contributed by atoms with E-state index < -0.39 is 23.5 Å². The number of methoxy groups -OCH3 is 1. The van der Waals surface area contributed by atoms with Crippen LogP contribution in [0.2, 0.25) is 0 Å². The van der Waals surface area contributed by atoms with Gasteiger partial charge in [0.05, 0.1) is 19.3 Å². The smallest absolute Gasteiger partial charge is 0.407 e. The van der Waals surface area contributed by atoms with E-state index in [1.54, 1.807) is 39.0 Å². The predicted molar refractivity (Wildman–Crippen MR) is 112 cm³/mol. The minimum absolute atomic E-state index is 0.139. The highest BCUT2D eigenvalue weighted by Gasteiger charge is 2.17. The second kappa shape index (κ2) is 10.1. The molecule has 162 valence electrons. The summed E-state index contributed by atoms with van der Waals surface area (Å²) >= 11 is 0. The summed E-state index contributed by atoms with van der Waals surface area (Å²) in [6.07, 6.45) is 0.254. The highest BCUT2D eigenvalue weighted by atomic mass is 19.1. The number of amides is 1. The van der Waals surface area contributed by atoms with E-state index in [-0.39, 0.29) is 17.7 Å². The third-order valence-electron chi connectivity index (χ3n) is 4.04. The maximum Gasteiger partial charge on any atom is 0.407 e. The fourth-order valence-corrected chi connectivity index (χ4v) is 2.71. The van der Waals surface area contributed by atoms with Gasteiger partial charge in [-0.1, -0.05) is 13.0 Å². The molecule has 0 fully saturated rings. The average Bonchev–Trinajstić information content (AvgIpc) is 2.69. The summed E-state index contributed by atoms with van der Waals surface area (Å²) < 4.78 is 30.2. The van der Waals surface area contributed by atoms with Gasteiger partial charge in [0.1, 0.15) is 17.2 Å². The lowest BCUT2D eigenvalue weighted by molar-refractivity contribution is 0.0522. The zero-order chi connectivity index (χ0) is 22.3. The maximum absolute atomic E-state index is 14.5. The Morgan fingerprint density at radius 2 is 1.83 bits per heavy atom. The van der Waals surface area contributed by atoms with Crippen LogP contribution in [-0.2, 0) is 16.0 Å². The van der Waals surface area contributed by atoms with E-state index in [1.807, 2.05) is 6.92 Å². The Labute approximate surface area is 176 Å². The fourth-order valence-electron chi connectivity index (χ4n) is 2.71. The molecular formula is C23H28FNO5. The topological polar surface area (TPSA) is 73.9 Å². The summed E-state index contributed by atoms with van der Waals surface area (Å²) in [7, 11) is 1.27. The van der Waals surface area contributed by atoms with Gasteiger partial charge in [-0.05, 0) is 63.1 Å². The molecule has 2 aromatic rings. The Balaban J connectivity index is 2.35. The number of hydrogen-bond acceptors (Lipinski definition) is 5. The number of halogens is 1. The average molecular weight is 417 g/mol. The Hall–Kier alpha value is -3.09. The maximum atomic E-state index is 14.5. The summed E-state index contributed by atoms with van der Waals surface area (Å²) in [6, 6.07) is 9.19. The van der Waals surface area contributed by atoms with Gasteiger partial charge in [0, 0.05) is 17.7 Å². The Kier molecular flexibility index (Phi) is 7.80. The summed E-state index contributed by atoms with van der Waals surface area (Å²) in [5.41, 5.74) is 1.08. The number of hydrogen-bond donors (Lipinski definition) is 1. The first-order chi connectivity index (χ1) is 14.1. The molecular weight excluding hydrogens is 389 g/mol. The molecule has 0 unspecified atom stereocenters. The van der Waals surface area contributed by atoms with Gasteiger partial charge in [-0.15, -0.1) is 0 Å². The lowest BCUT2D eigenvalue weighted by Crippen LogP contribution is -2.32. The van der Waals surface area contributed by atoms with Gasteiger partial charge in [0.25, 0.3) is 0 Å². The van der Waals surface area contributed by atoms with Gasteiger partial charge in [0.2, 0.25) is 0 Å². The van der Waals surface area contributed by atoms with E-state index in [1.165, 1.54) is 25.3 Å². The highest BCUT2D eigenvalue weighted by molar-refractivity contribution is 5.91. The number of rotatable bonds is 7. The van der Waals surface area contributed by atoms with Crippen LogP contribution in [0.5, 0.6) is 5.75 Å². The van der Waals surface area contributed by atoms with Crippen LogP contribution in [0.25, 0.3) is 11.1 Å². The van der Waals surface area contributed by atoms with E-state index in [0.29, 0.717) is 23.5 Å². The van der Waals surface area contributed by atoms with Gasteiger partial charge in [-0.25, -0.2) is 14.0 Å².